The standard InChI is InChI=1S/C14H11F3N2O2S/c1-8-12(22-7-18-8)13(20)19-4-5-21-11-3-2-9(6-10(11)19)14(15,16)17/h2-3,6-7H,4-5H2,1H3. The summed E-state index contributed by atoms with van der Waals surface area (Å²) in [5, 5.41) is 0. The summed E-state index contributed by atoms with van der Waals surface area (Å²) < 4.78 is 44.0. The van der Waals surface area contributed by atoms with E-state index in [4.69, 9.17) is 4.74 Å². The Bertz CT molecular complexity index is 727. The number of ether oxygens (including phenoxy) is 1. The van der Waals surface area contributed by atoms with Crippen molar-refractivity contribution in [3.8, 4) is 5.75 Å². The summed E-state index contributed by atoms with van der Waals surface area (Å²) in [5.74, 6) is -0.0846. The van der Waals surface area contributed by atoms with E-state index in [0.29, 0.717) is 10.6 Å². The van der Waals surface area contributed by atoms with Crippen LogP contribution in [0.15, 0.2) is 23.7 Å². The number of alkyl halides is 3. The second-order valence-corrected chi connectivity index (χ2v) is 5.61. The molecule has 8 heteroatoms. The molecule has 0 bridgehead atoms. The van der Waals surface area contributed by atoms with E-state index >= 15 is 0 Å². The number of rotatable bonds is 1. The van der Waals surface area contributed by atoms with Gasteiger partial charge in [-0.15, -0.1) is 11.3 Å². The lowest BCUT2D eigenvalue weighted by Crippen LogP contribution is -2.38. The summed E-state index contributed by atoms with van der Waals surface area (Å²) in [5.41, 5.74) is 1.43. The molecule has 0 fully saturated rings. The summed E-state index contributed by atoms with van der Waals surface area (Å²) in [6.07, 6.45) is -4.47. The molecule has 116 valence electrons. The molecule has 0 unspecified atom stereocenters. The number of fused-ring (bicyclic) bond motifs is 1. The molecule has 1 aliphatic heterocycles. The van der Waals surface area contributed by atoms with Crippen LogP contribution in [0.2, 0.25) is 0 Å². The summed E-state index contributed by atoms with van der Waals surface area (Å²) in [4.78, 5) is 18.3. The third-order valence-corrected chi connectivity index (χ3v) is 4.25. The Kier molecular flexibility index (Phi) is 3.56. The van der Waals surface area contributed by atoms with Crippen molar-refractivity contribution < 1.29 is 22.7 Å². The zero-order chi connectivity index (χ0) is 15.9. The minimum atomic E-state index is -4.47. The Hall–Kier alpha value is -2.09. The molecule has 22 heavy (non-hydrogen) atoms. The van der Waals surface area contributed by atoms with Gasteiger partial charge < -0.3 is 9.64 Å². The monoisotopic (exact) mass is 328 g/mol. The van der Waals surface area contributed by atoms with Crippen molar-refractivity contribution in [2.24, 2.45) is 0 Å². The Morgan fingerprint density at radius 1 is 1.41 bits per heavy atom. The van der Waals surface area contributed by atoms with E-state index in [2.05, 4.69) is 4.98 Å². The number of hydrogen-bond acceptors (Lipinski definition) is 4. The fourth-order valence-electron chi connectivity index (χ4n) is 2.23. The second-order valence-electron chi connectivity index (χ2n) is 4.75. The number of aryl methyl sites for hydroxylation is 1. The summed E-state index contributed by atoms with van der Waals surface area (Å²) in [7, 11) is 0. The van der Waals surface area contributed by atoms with Gasteiger partial charge >= 0.3 is 6.18 Å². The number of amides is 1. The SMILES string of the molecule is Cc1ncsc1C(=O)N1CCOc2ccc(C(F)(F)F)cc21. The van der Waals surface area contributed by atoms with Crippen LogP contribution in [0, 0.1) is 6.92 Å². The summed E-state index contributed by atoms with van der Waals surface area (Å²) >= 11 is 1.17. The first kappa shape index (κ1) is 14.8. The minimum Gasteiger partial charge on any atom is -0.490 e. The number of halogens is 3. The molecule has 0 radical (unpaired) electrons. The molecule has 2 heterocycles. The van der Waals surface area contributed by atoms with E-state index in [1.165, 1.54) is 27.8 Å². The van der Waals surface area contributed by atoms with E-state index in [1.54, 1.807) is 6.92 Å². The van der Waals surface area contributed by atoms with Gasteiger partial charge in [-0.2, -0.15) is 13.2 Å². The molecule has 0 N–H and O–H groups in total. The number of hydrogen-bond donors (Lipinski definition) is 0. The van der Waals surface area contributed by atoms with Gasteiger partial charge in [-0.1, -0.05) is 0 Å². The lowest BCUT2D eigenvalue weighted by atomic mass is 10.1. The zero-order valence-corrected chi connectivity index (χ0v) is 12.3. The molecule has 1 aromatic carbocycles. The topological polar surface area (TPSA) is 42.4 Å². The number of nitrogens with zero attached hydrogens (tertiary/aromatic N) is 2. The Labute approximate surface area is 128 Å². The first-order valence-electron chi connectivity index (χ1n) is 6.44. The van der Waals surface area contributed by atoms with Crippen molar-refractivity contribution in [3.63, 3.8) is 0 Å². The molecular formula is C14H11F3N2O2S. The highest BCUT2D eigenvalue weighted by molar-refractivity contribution is 7.12. The van der Waals surface area contributed by atoms with Gasteiger partial charge in [0.2, 0.25) is 0 Å². The van der Waals surface area contributed by atoms with Gasteiger partial charge in [-0.05, 0) is 25.1 Å². The normalized spacial score (nSPS) is 14.5. The van der Waals surface area contributed by atoms with Crippen LogP contribution in [-0.2, 0) is 6.18 Å². The van der Waals surface area contributed by atoms with Gasteiger partial charge in [-0.3, -0.25) is 4.79 Å². The molecule has 0 saturated heterocycles. The molecule has 0 saturated carbocycles. The number of carbonyl (C=O) groups excluding carboxylic acids is 1. The van der Waals surface area contributed by atoms with Gasteiger partial charge in [0.05, 0.1) is 29.0 Å². The third kappa shape index (κ3) is 2.54. The van der Waals surface area contributed by atoms with Crippen molar-refractivity contribution >= 4 is 22.9 Å². The van der Waals surface area contributed by atoms with Gasteiger partial charge in [0, 0.05) is 0 Å². The maximum Gasteiger partial charge on any atom is 0.416 e. The lowest BCUT2D eigenvalue weighted by Gasteiger charge is -2.30. The van der Waals surface area contributed by atoms with Crippen molar-refractivity contribution in [2.75, 3.05) is 18.1 Å². The van der Waals surface area contributed by atoms with Crippen molar-refractivity contribution in [1.29, 1.82) is 0 Å². The predicted octanol–water partition coefficient (Wildman–Crippen LogP) is 3.51. The average Bonchev–Trinajstić information content (AvgIpc) is 2.90. The smallest absolute Gasteiger partial charge is 0.416 e. The van der Waals surface area contributed by atoms with E-state index in [1.807, 2.05) is 0 Å². The quantitative estimate of drug-likeness (QED) is 0.804. The molecule has 2 aromatic rings. The molecule has 0 spiro atoms. The highest BCUT2D eigenvalue weighted by Gasteiger charge is 2.34. The second kappa shape index (κ2) is 5.28. The first-order valence-corrected chi connectivity index (χ1v) is 7.32. The lowest BCUT2D eigenvalue weighted by molar-refractivity contribution is -0.137. The number of carbonyl (C=O) groups is 1. The Morgan fingerprint density at radius 3 is 2.82 bits per heavy atom. The van der Waals surface area contributed by atoms with Crippen molar-refractivity contribution in [2.45, 2.75) is 13.1 Å². The number of thiazole rings is 1. The predicted molar refractivity (Wildman–Crippen MR) is 75.5 cm³/mol. The van der Waals surface area contributed by atoms with E-state index in [9.17, 15) is 18.0 Å². The van der Waals surface area contributed by atoms with Crippen LogP contribution >= 0.6 is 11.3 Å². The molecule has 1 aromatic heterocycles. The summed E-state index contributed by atoms with van der Waals surface area (Å²) in [6.45, 7) is 2.13. The fraction of sp³-hybridized carbons (Fsp3) is 0.286. The highest BCUT2D eigenvalue weighted by Crippen LogP contribution is 2.39. The van der Waals surface area contributed by atoms with Crippen LogP contribution in [0.5, 0.6) is 5.75 Å². The molecule has 4 nitrogen and oxygen atoms in total. The van der Waals surface area contributed by atoms with E-state index < -0.39 is 11.7 Å². The van der Waals surface area contributed by atoms with Crippen LogP contribution in [0.1, 0.15) is 20.9 Å². The van der Waals surface area contributed by atoms with Crippen LogP contribution in [0.25, 0.3) is 0 Å². The first-order chi connectivity index (χ1) is 10.4. The van der Waals surface area contributed by atoms with Crippen molar-refractivity contribution in [3.05, 3.63) is 39.8 Å². The highest BCUT2D eigenvalue weighted by atomic mass is 32.1. The van der Waals surface area contributed by atoms with E-state index in [0.717, 1.165) is 12.1 Å². The Balaban J connectivity index is 2.03. The van der Waals surface area contributed by atoms with Gasteiger partial charge in [-0.25, -0.2) is 4.98 Å². The molecule has 0 atom stereocenters. The molecule has 0 aliphatic carbocycles. The maximum absolute atomic E-state index is 12.9. The maximum atomic E-state index is 12.9. The minimum absolute atomic E-state index is 0.138. The fourth-order valence-corrected chi connectivity index (χ4v) is 2.99. The van der Waals surface area contributed by atoms with Crippen LogP contribution < -0.4 is 9.64 Å². The molecule has 1 amide bonds. The number of anilines is 1. The van der Waals surface area contributed by atoms with Crippen molar-refractivity contribution in [1.82, 2.24) is 4.98 Å². The van der Waals surface area contributed by atoms with Crippen LogP contribution in [0.3, 0.4) is 0 Å². The zero-order valence-electron chi connectivity index (χ0n) is 11.5. The average molecular weight is 328 g/mol. The van der Waals surface area contributed by atoms with Crippen LogP contribution in [0.4, 0.5) is 18.9 Å². The molecule has 3 rings (SSSR count). The number of benzene rings is 1. The van der Waals surface area contributed by atoms with E-state index in [-0.39, 0.29) is 30.5 Å². The number of aromatic nitrogens is 1. The third-order valence-electron chi connectivity index (χ3n) is 3.33. The summed E-state index contributed by atoms with van der Waals surface area (Å²) in [6, 6.07) is 3.14. The molecule has 1 aliphatic rings. The van der Waals surface area contributed by atoms with Gasteiger partial charge in [0.15, 0.2) is 0 Å². The van der Waals surface area contributed by atoms with Gasteiger partial charge in [0.25, 0.3) is 5.91 Å². The Morgan fingerprint density at radius 2 is 2.18 bits per heavy atom. The largest absolute Gasteiger partial charge is 0.490 e. The van der Waals surface area contributed by atoms with Crippen LogP contribution in [-0.4, -0.2) is 24.0 Å². The van der Waals surface area contributed by atoms with Gasteiger partial charge in [0.1, 0.15) is 17.2 Å². The molecular weight excluding hydrogens is 317 g/mol.